The number of unbranched alkanes of at least 4 members (excludes halogenated alkanes) is 1. The largest absolute Gasteiger partial charge is 0.343 e. The standard InChI is InChI=1S/C22H32ClN3O2/c1-4-6-7-19-14-27-21(3,28-19)18-10-8-17(9-11-18)12-13-26-22(23)15-24-16-25-20(22)5-2/h8-11,16,19,26H,4-7,12-15H2,1-3H3. The van der Waals surface area contributed by atoms with Gasteiger partial charge >= 0.3 is 0 Å². The number of halogens is 1. The lowest BCUT2D eigenvalue weighted by Gasteiger charge is -2.29. The molecule has 0 bridgehead atoms. The van der Waals surface area contributed by atoms with E-state index in [0.717, 1.165) is 37.1 Å². The van der Waals surface area contributed by atoms with Crippen LogP contribution in [-0.2, 0) is 21.7 Å². The maximum atomic E-state index is 6.70. The van der Waals surface area contributed by atoms with E-state index in [4.69, 9.17) is 21.1 Å². The first kappa shape index (κ1) is 21.4. The fourth-order valence-electron chi connectivity index (χ4n) is 3.74. The molecule has 1 saturated heterocycles. The molecule has 2 aliphatic heterocycles. The second-order valence-corrected chi connectivity index (χ2v) is 8.34. The van der Waals surface area contributed by atoms with Crippen LogP contribution in [0, 0.1) is 0 Å². The van der Waals surface area contributed by atoms with Crippen molar-refractivity contribution in [3.05, 3.63) is 35.4 Å². The molecule has 154 valence electrons. The Bertz CT molecular complexity index is 706. The van der Waals surface area contributed by atoms with Gasteiger partial charge in [0.15, 0.2) is 10.8 Å². The van der Waals surface area contributed by atoms with Gasteiger partial charge in [0.05, 0.1) is 25.0 Å². The average Bonchev–Trinajstić information content (AvgIpc) is 3.09. The molecular formula is C22H32ClN3O2. The van der Waals surface area contributed by atoms with Crippen molar-refractivity contribution in [1.29, 1.82) is 0 Å². The molecule has 0 radical (unpaired) electrons. The molecule has 0 aromatic heterocycles. The first-order valence-electron chi connectivity index (χ1n) is 10.4. The van der Waals surface area contributed by atoms with Gasteiger partial charge in [-0.05, 0) is 31.7 Å². The summed E-state index contributed by atoms with van der Waals surface area (Å²) >= 11 is 6.70. The van der Waals surface area contributed by atoms with Crippen molar-refractivity contribution in [3.63, 3.8) is 0 Å². The molecule has 28 heavy (non-hydrogen) atoms. The number of benzene rings is 1. The molecule has 3 unspecified atom stereocenters. The van der Waals surface area contributed by atoms with Crippen LogP contribution in [0.2, 0.25) is 0 Å². The van der Waals surface area contributed by atoms with Gasteiger partial charge in [0, 0.05) is 12.1 Å². The highest BCUT2D eigenvalue weighted by Gasteiger charge is 2.38. The predicted octanol–water partition coefficient (Wildman–Crippen LogP) is 4.43. The van der Waals surface area contributed by atoms with Gasteiger partial charge in [0.25, 0.3) is 0 Å². The van der Waals surface area contributed by atoms with E-state index in [-0.39, 0.29) is 6.10 Å². The summed E-state index contributed by atoms with van der Waals surface area (Å²) in [7, 11) is 0. The molecule has 3 rings (SSSR count). The normalized spacial score (nSPS) is 29.9. The van der Waals surface area contributed by atoms with Gasteiger partial charge < -0.3 is 9.47 Å². The molecule has 1 fully saturated rings. The molecule has 3 atom stereocenters. The fraction of sp³-hybridized carbons (Fsp3) is 0.636. The fourth-order valence-corrected chi connectivity index (χ4v) is 4.09. The van der Waals surface area contributed by atoms with Gasteiger partial charge in [0.2, 0.25) is 0 Å². The predicted molar refractivity (Wildman–Crippen MR) is 116 cm³/mol. The summed E-state index contributed by atoms with van der Waals surface area (Å²) in [6, 6.07) is 8.50. The monoisotopic (exact) mass is 405 g/mol. The SMILES string of the molecule is CCCCC1COC(C)(c2ccc(CCNC3(Cl)CN=CN=C3CC)cc2)O1. The van der Waals surface area contributed by atoms with E-state index < -0.39 is 10.8 Å². The molecule has 0 saturated carbocycles. The summed E-state index contributed by atoms with van der Waals surface area (Å²) in [5.74, 6) is -0.637. The van der Waals surface area contributed by atoms with Gasteiger partial charge in [0.1, 0.15) is 6.34 Å². The Balaban J connectivity index is 1.52. The summed E-state index contributed by atoms with van der Waals surface area (Å²) in [5.41, 5.74) is 3.26. The third kappa shape index (κ3) is 5.01. The van der Waals surface area contributed by atoms with Gasteiger partial charge in [-0.2, -0.15) is 0 Å². The molecule has 0 amide bonds. The Morgan fingerprint density at radius 3 is 2.75 bits per heavy atom. The number of nitrogens with one attached hydrogen (secondary N) is 1. The molecule has 0 spiro atoms. The van der Waals surface area contributed by atoms with E-state index in [2.05, 4.69) is 53.4 Å². The van der Waals surface area contributed by atoms with E-state index in [9.17, 15) is 0 Å². The maximum absolute atomic E-state index is 6.70. The van der Waals surface area contributed by atoms with Crippen molar-refractivity contribution < 1.29 is 9.47 Å². The highest BCUT2D eigenvalue weighted by atomic mass is 35.5. The zero-order chi connectivity index (χ0) is 20.0. The lowest BCUT2D eigenvalue weighted by Crippen LogP contribution is -2.51. The number of alkyl halides is 1. The van der Waals surface area contributed by atoms with Crippen molar-refractivity contribution in [3.8, 4) is 0 Å². The second-order valence-electron chi connectivity index (χ2n) is 7.70. The number of rotatable bonds is 9. The van der Waals surface area contributed by atoms with Crippen molar-refractivity contribution in [1.82, 2.24) is 5.32 Å². The van der Waals surface area contributed by atoms with Crippen LogP contribution in [0.3, 0.4) is 0 Å². The first-order chi connectivity index (χ1) is 13.5. The third-order valence-corrected chi connectivity index (χ3v) is 5.98. The van der Waals surface area contributed by atoms with Crippen molar-refractivity contribution in [2.45, 2.75) is 69.8 Å². The maximum Gasteiger partial charge on any atom is 0.192 e. The van der Waals surface area contributed by atoms with Gasteiger partial charge in [-0.3, -0.25) is 10.3 Å². The Morgan fingerprint density at radius 2 is 2.04 bits per heavy atom. The zero-order valence-corrected chi connectivity index (χ0v) is 18.0. The number of ether oxygens (including phenoxy) is 2. The number of nitrogens with zero attached hydrogens (tertiary/aromatic N) is 2. The van der Waals surface area contributed by atoms with Crippen LogP contribution >= 0.6 is 11.6 Å². The molecule has 1 aromatic carbocycles. The minimum absolute atomic E-state index is 0.196. The molecule has 1 N–H and O–H groups in total. The minimum atomic E-state index is -0.657. The Hall–Kier alpha value is -1.27. The van der Waals surface area contributed by atoms with Crippen LogP contribution in [0.5, 0.6) is 0 Å². The molecule has 1 aromatic rings. The highest BCUT2D eigenvalue weighted by Crippen LogP contribution is 2.35. The third-order valence-electron chi connectivity index (χ3n) is 5.51. The number of aliphatic imine (C=N–C) groups is 2. The first-order valence-corrected chi connectivity index (χ1v) is 10.8. The second kappa shape index (κ2) is 9.49. The quantitative estimate of drug-likeness (QED) is 0.488. The van der Waals surface area contributed by atoms with E-state index in [1.807, 2.05) is 6.92 Å². The molecule has 2 aliphatic rings. The highest BCUT2D eigenvalue weighted by molar-refractivity contribution is 6.37. The smallest absolute Gasteiger partial charge is 0.192 e. The number of hydrogen-bond acceptors (Lipinski definition) is 5. The zero-order valence-electron chi connectivity index (χ0n) is 17.2. The lowest BCUT2D eigenvalue weighted by atomic mass is 10.0. The summed E-state index contributed by atoms with van der Waals surface area (Å²) in [6.45, 7) is 8.24. The van der Waals surface area contributed by atoms with Crippen LogP contribution in [-0.4, -0.2) is 42.8 Å². The summed E-state index contributed by atoms with van der Waals surface area (Å²) in [6.07, 6.45) is 6.90. The van der Waals surface area contributed by atoms with E-state index in [0.29, 0.717) is 13.2 Å². The Kier molecular flexibility index (Phi) is 7.26. The Morgan fingerprint density at radius 1 is 1.25 bits per heavy atom. The average molecular weight is 406 g/mol. The van der Waals surface area contributed by atoms with Crippen LogP contribution in [0.1, 0.15) is 57.6 Å². The van der Waals surface area contributed by atoms with Crippen LogP contribution in [0.4, 0.5) is 0 Å². The van der Waals surface area contributed by atoms with Crippen LogP contribution in [0.15, 0.2) is 34.3 Å². The lowest BCUT2D eigenvalue weighted by molar-refractivity contribution is -0.162. The molecule has 0 aliphatic carbocycles. The van der Waals surface area contributed by atoms with Crippen molar-refractivity contribution in [2.75, 3.05) is 19.7 Å². The van der Waals surface area contributed by atoms with Gasteiger partial charge in [-0.15, -0.1) is 0 Å². The summed E-state index contributed by atoms with van der Waals surface area (Å²) in [4.78, 5) is 7.87. The van der Waals surface area contributed by atoms with E-state index in [1.54, 1.807) is 6.34 Å². The molecule has 5 nitrogen and oxygen atoms in total. The van der Waals surface area contributed by atoms with Crippen LogP contribution < -0.4 is 5.32 Å². The topological polar surface area (TPSA) is 55.2 Å². The van der Waals surface area contributed by atoms with Gasteiger partial charge in [-0.1, -0.05) is 62.6 Å². The summed E-state index contributed by atoms with van der Waals surface area (Å²) in [5, 5.41) is 3.42. The Labute approximate surface area is 173 Å². The van der Waals surface area contributed by atoms with Crippen LogP contribution in [0.25, 0.3) is 0 Å². The van der Waals surface area contributed by atoms with Crippen molar-refractivity contribution >= 4 is 23.7 Å². The van der Waals surface area contributed by atoms with E-state index in [1.165, 1.54) is 18.4 Å². The van der Waals surface area contributed by atoms with E-state index >= 15 is 0 Å². The molecular weight excluding hydrogens is 374 g/mol. The number of hydrogen-bond donors (Lipinski definition) is 1. The molecule has 6 heteroatoms. The van der Waals surface area contributed by atoms with Crippen molar-refractivity contribution in [2.24, 2.45) is 9.98 Å². The molecule has 2 heterocycles. The minimum Gasteiger partial charge on any atom is -0.343 e. The summed E-state index contributed by atoms with van der Waals surface area (Å²) < 4.78 is 12.2. The van der Waals surface area contributed by atoms with Gasteiger partial charge in [-0.25, -0.2) is 4.99 Å².